The van der Waals surface area contributed by atoms with Crippen molar-refractivity contribution in [2.24, 2.45) is 0 Å². The van der Waals surface area contributed by atoms with Gasteiger partial charge in [0, 0.05) is 4.92 Å². The fourth-order valence-corrected chi connectivity index (χ4v) is 5.00. The molecule has 7 heteroatoms. The van der Waals surface area contributed by atoms with E-state index in [1.54, 1.807) is 0 Å². The Labute approximate surface area is 234 Å². The second-order valence-electron chi connectivity index (χ2n) is 9.80. The lowest BCUT2D eigenvalue weighted by molar-refractivity contribution is -0.563. The summed E-state index contributed by atoms with van der Waals surface area (Å²) in [5, 5.41) is 12.6. The number of hydrogen-bond donors (Lipinski definition) is 0. The van der Waals surface area contributed by atoms with Crippen LogP contribution in [0.25, 0.3) is 0 Å². The van der Waals surface area contributed by atoms with Crippen molar-refractivity contribution < 1.29 is 23.9 Å². The average molecular weight is 540 g/mol. The molecule has 5 rings (SSSR count). The van der Waals surface area contributed by atoms with Crippen LogP contribution in [0.5, 0.6) is 0 Å². The summed E-state index contributed by atoms with van der Waals surface area (Å²) in [5.41, 5.74) is 3.62. The maximum atomic E-state index is 12.6. The van der Waals surface area contributed by atoms with Gasteiger partial charge in [-0.25, -0.2) is 0 Å². The number of benzene rings is 4. The molecule has 1 heterocycles. The van der Waals surface area contributed by atoms with E-state index in [-0.39, 0.29) is 24.7 Å². The van der Waals surface area contributed by atoms with Crippen molar-refractivity contribution in [1.82, 2.24) is 0 Å². The van der Waals surface area contributed by atoms with E-state index >= 15 is 0 Å². The van der Waals surface area contributed by atoms with E-state index in [9.17, 15) is 10.1 Å². The predicted octanol–water partition coefficient (Wildman–Crippen LogP) is 6.16. The molecule has 7 nitrogen and oxygen atoms in total. The second-order valence-corrected chi connectivity index (χ2v) is 9.80. The quantitative estimate of drug-likeness (QED) is 0.158. The van der Waals surface area contributed by atoms with Crippen LogP contribution in [0.15, 0.2) is 121 Å². The monoisotopic (exact) mass is 539 g/mol. The molecule has 0 amide bonds. The first-order chi connectivity index (χ1) is 19.7. The Balaban J connectivity index is 1.45. The fraction of sp³-hybridized carbons (Fsp3) is 0.273. The highest BCUT2D eigenvalue weighted by atomic mass is 16.7. The Hall–Kier alpha value is -3.88. The lowest BCUT2D eigenvalue weighted by Gasteiger charge is -2.42. The van der Waals surface area contributed by atoms with Crippen molar-refractivity contribution in [3.8, 4) is 0 Å². The summed E-state index contributed by atoms with van der Waals surface area (Å²) in [6.45, 7) is 1.04. The zero-order chi connectivity index (χ0) is 27.6. The van der Waals surface area contributed by atoms with Gasteiger partial charge in [0.15, 0.2) is 12.2 Å². The number of nitrogens with zero attached hydrogens (tertiary/aromatic N) is 1. The predicted molar refractivity (Wildman–Crippen MR) is 151 cm³/mol. The van der Waals surface area contributed by atoms with Crippen LogP contribution in [0.4, 0.5) is 0 Å². The second kappa shape index (κ2) is 14.0. The van der Waals surface area contributed by atoms with Gasteiger partial charge in [-0.1, -0.05) is 121 Å². The van der Waals surface area contributed by atoms with Crippen LogP contribution in [0.2, 0.25) is 0 Å². The third-order valence-corrected chi connectivity index (χ3v) is 6.99. The standard InChI is InChI=1S/C33H33NO6/c35-34(36)30-31(28-19-11-4-12-20-28)40-29(24-37-21-25-13-5-1-6-14-25)32(38-22-26-15-7-2-8-16-26)33(30)39-23-27-17-9-3-10-18-27/h1-20,29-33H,21-24H2/t29-,30-,31+,32+,33-/m1/s1. The van der Waals surface area contributed by atoms with Crippen LogP contribution in [0.3, 0.4) is 0 Å². The van der Waals surface area contributed by atoms with Gasteiger partial charge in [-0.2, -0.15) is 0 Å². The summed E-state index contributed by atoms with van der Waals surface area (Å²) in [6, 6.07) is 37.3. The molecule has 40 heavy (non-hydrogen) atoms. The molecule has 4 aromatic carbocycles. The Morgan fingerprint density at radius 3 is 1.57 bits per heavy atom. The topological polar surface area (TPSA) is 80.1 Å². The minimum absolute atomic E-state index is 0.188. The molecule has 0 bridgehead atoms. The van der Waals surface area contributed by atoms with Gasteiger partial charge in [0.25, 0.3) is 6.04 Å². The molecule has 0 N–H and O–H groups in total. The zero-order valence-electron chi connectivity index (χ0n) is 22.2. The molecule has 0 unspecified atom stereocenters. The first kappa shape index (κ1) is 27.7. The summed E-state index contributed by atoms with van der Waals surface area (Å²) in [5.74, 6) is 0. The van der Waals surface area contributed by atoms with Gasteiger partial charge in [-0.3, -0.25) is 10.1 Å². The largest absolute Gasteiger partial charge is 0.374 e. The van der Waals surface area contributed by atoms with E-state index in [1.165, 1.54) is 0 Å². The van der Waals surface area contributed by atoms with Gasteiger partial charge >= 0.3 is 0 Å². The van der Waals surface area contributed by atoms with E-state index < -0.39 is 30.5 Å². The molecule has 0 spiro atoms. The van der Waals surface area contributed by atoms with Crippen LogP contribution < -0.4 is 0 Å². The van der Waals surface area contributed by atoms with Gasteiger partial charge in [0.05, 0.1) is 26.4 Å². The molecule has 1 saturated heterocycles. The van der Waals surface area contributed by atoms with Gasteiger partial charge in [0.1, 0.15) is 12.2 Å². The molecule has 0 aliphatic carbocycles. The summed E-state index contributed by atoms with van der Waals surface area (Å²) >= 11 is 0. The van der Waals surface area contributed by atoms with Crippen LogP contribution in [-0.4, -0.2) is 35.9 Å². The number of rotatable bonds is 12. The molecule has 5 atom stereocenters. The van der Waals surface area contributed by atoms with Crippen LogP contribution in [0.1, 0.15) is 28.4 Å². The maximum Gasteiger partial charge on any atom is 0.271 e. The molecule has 206 valence electrons. The van der Waals surface area contributed by atoms with Gasteiger partial charge in [-0.05, 0) is 22.3 Å². The Kier molecular flexibility index (Phi) is 9.66. The van der Waals surface area contributed by atoms with Gasteiger partial charge in [-0.15, -0.1) is 0 Å². The molecule has 1 fully saturated rings. The van der Waals surface area contributed by atoms with Gasteiger partial charge < -0.3 is 18.9 Å². The van der Waals surface area contributed by atoms with Crippen LogP contribution in [0, 0.1) is 10.1 Å². The van der Waals surface area contributed by atoms with Crippen molar-refractivity contribution in [3.05, 3.63) is 154 Å². The number of ether oxygens (including phenoxy) is 4. The molecule has 1 aliphatic rings. The number of nitro groups is 1. The smallest absolute Gasteiger partial charge is 0.271 e. The van der Waals surface area contributed by atoms with E-state index in [4.69, 9.17) is 18.9 Å². The van der Waals surface area contributed by atoms with Crippen LogP contribution >= 0.6 is 0 Å². The summed E-state index contributed by atoms with van der Waals surface area (Å²) in [4.78, 5) is 12.3. The van der Waals surface area contributed by atoms with Crippen molar-refractivity contribution in [1.29, 1.82) is 0 Å². The molecule has 4 aromatic rings. The molecular formula is C33H33NO6. The first-order valence-electron chi connectivity index (χ1n) is 13.5. The Morgan fingerprint density at radius 2 is 1.07 bits per heavy atom. The van der Waals surface area contributed by atoms with Crippen molar-refractivity contribution in [2.75, 3.05) is 6.61 Å². The lowest BCUT2D eigenvalue weighted by Crippen LogP contribution is -2.59. The third-order valence-electron chi connectivity index (χ3n) is 6.99. The Morgan fingerprint density at radius 1 is 0.625 bits per heavy atom. The van der Waals surface area contributed by atoms with E-state index in [1.807, 2.05) is 121 Å². The summed E-state index contributed by atoms with van der Waals surface area (Å²) in [7, 11) is 0. The van der Waals surface area contributed by atoms with Crippen molar-refractivity contribution in [3.63, 3.8) is 0 Å². The highest BCUT2D eigenvalue weighted by Crippen LogP contribution is 2.37. The normalized spacial score (nSPS) is 22.6. The molecule has 1 aliphatic heterocycles. The highest BCUT2D eigenvalue weighted by molar-refractivity contribution is 5.21. The highest BCUT2D eigenvalue weighted by Gasteiger charge is 2.54. The van der Waals surface area contributed by atoms with E-state index in [0.717, 1.165) is 16.7 Å². The minimum atomic E-state index is -1.18. The fourth-order valence-electron chi connectivity index (χ4n) is 5.00. The van der Waals surface area contributed by atoms with E-state index in [0.29, 0.717) is 12.2 Å². The van der Waals surface area contributed by atoms with Gasteiger partial charge in [0.2, 0.25) is 0 Å². The molecule has 0 radical (unpaired) electrons. The third kappa shape index (κ3) is 7.20. The zero-order valence-corrected chi connectivity index (χ0v) is 22.2. The summed E-state index contributed by atoms with van der Waals surface area (Å²) < 4.78 is 25.4. The molecule has 0 aromatic heterocycles. The summed E-state index contributed by atoms with van der Waals surface area (Å²) in [6.07, 6.45) is -3.06. The van der Waals surface area contributed by atoms with Crippen LogP contribution in [-0.2, 0) is 38.8 Å². The van der Waals surface area contributed by atoms with E-state index in [2.05, 4.69) is 0 Å². The Bertz CT molecular complexity index is 1310. The maximum absolute atomic E-state index is 12.6. The molecular weight excluding hydrogens is 506 g/mol. The number of hydrogen-bond acceptors (Lipinski definition) is 6. The lowest BCUT2D eigenvalue weighted by atomic mass is 9.89. The minimum Gasteiger partial charge on any atom is -0.374 e. The first-order valence-corrected chi connectivity index (χ1v) is 13.5. The average Bonchev–Trinajstić information content (AvgIpc) is 3.01. The molecule has 0 saturated carbocycles. The van der Waals surface area contributed by atoms with Crippen molar-refractivity contribution in [2.45, 2.75) is 50.3 Å². The van der Waals surface area contributed by atoms with Crippen molar-refractivity contribution >= 4 is 0 Å². The SMILES string of the molecule is O=[N+]([O-])[C@H]1[C@@H](OCc2ccccc2)[C@@H](OCc2ccccc2)[C@@H](COCc2ccccc2)O[C@H]1c1ccccc1.